The Hall–Kier alpha value is -1.20. The maximum Gasteiger partial charge on any atom is 0.410 e. The predicted molar refractivity (Wildman–Crippen MR) is 75.5 cm³/mol. The number of hydrogen-bond donors (Lipinski definition) is 0. The molecule has 1 aromatic rings. The molecule has 9 nitrogen and oxygen atoms in total. The zero-order valence-corrected chi connectivity index (χ0v) is 13.9. The lowest BCUT2D eigenvalue weighted by Crippen LogP contribution is -2.32. The molecule has 0 unspecified atom stereocenters. The van der Waals surface area contributed by atoms with E-state index in [-0.39, 0.29) is 12.3 Å². The predicted octanol–water partition coefficient (Wildman–Crippen LogP) is 0.932. The van der Waals surface area contributed by atoms with Crippen LogP contribution in [0.3, 0.4) is 0 Å². The van der Waals surface area contributed by atoms with Crippen LogP contribution in [0.2, 0.25) is 0 Å². The second-order valence-electron chi connectivity index (χ2n) is 5.21. The summed E-state index contributed by atoms with van der Waals surface area (Å²) in [6, 6.07) is 0. The quantitative estimate of drug-likeness (QED) is 0.434. The van der Waals surface area contributed by atoms with Crippen molar-refractivity contribution in [2.75, 3.05) is 5.75 Å². The Bertz CT molecular complexity index is 760. The third-order valence-corrected chi connectivity index (χ3v) is 6.57. The number of nitro groups is 1. The lowest BCUT2D eigenvalue weighted by atomic mass is 10.3. The van der Waals surface area contributed by atoms with Crippen molar-refractivity contribution in [3.63, 3.8) is 0 Å². The van der Waals surface area contributed by atoms with Gasteiger partial charge in [-0.3, -0.25) is 0 Å². The molecular weight excluding hydrogens is 346 g/mol. The molecule has 0 aliphatic rings. The molecule has 0 radical (unpaired) electrons. The van der Waals surface area contributed by atoms with E-state index in [4.69, 9.17) is 10.7 Å². The largest absolute Gasteiger partial charge is 0.410 e. The van der Waals surface area contributed by atoms with Crippen molar-refractivity contribution in [1.29, 1.82) is 0 Å². The normalized spacial score (nSPS) is 13.3. The van der Waals surface area contributed by atoms with E-state index in [0.29, 0.717) is 0 Å². The number of nitrogens with zero attached hydrogens (tertiary/aromatic N) is 3. The fourth-order valence-electron chi connectivity index (χ4n) is 1.33. The maximum atomic E-state index is 11.9. The topological polar surface area (TPSA) is 129 Å². The molecule has 0 atom stereocenters. The summed E-state index contributed by atoms with van der Waals surface area (Å²) in [5.74, 6) is -1.27. The highest BCUT2D eigenvalue weighted by Crippen LogP contribution is 2.25. The van der Waals surface area contributed by atoms with Gasteiger partial charge in [-0.25, -0.2) is 16.8 Å². The van der Waals surface area contributed by atoms with Crippen LogP contribution < -0.4 is 0 Å². The van der Waals surface area contributed by atoms with Gasteiger partial charge in [0, 0.05) is 10.7 Å². The summed E-state index contributed by atoms with van der Waals surface area (Å²) in [6.07, 6.45) is 0.846. The minimum atomic E-state index is -4.34. The molecule has 21 heavy (non-hydrogen) atoms. The first kappa shape index (κ1) is 17.9. The highest BCUT2D eigenvalue weighted by molar-refractivity contribution is 8.13. The van der Waals surface area contributed by atoms with E-state index in [1.54, 1.807) is 0 Å². The maximum absolute atomic E-state index is 11.9. The van der Waals surface area contributed by atoms with Gasteiger partial charge in [-0.15, -0.1) is 0 Å². The van der Waals surface area contributed by atoms with Gasteiger partial charge >= 0.3 is 5.82 Å². The first-order chi connectivity index (χ1) is 9.25. The molecule has 0 saturated carbocycles. The van der Waals surface area contributed by atoms with Crippen molar-refractivity contribution in [3.05, 3.63) is 16.3 Å². The van der Waals surface area contributed by atoms with Gasteiger partial charge in [-0.2, -0.15) is 4.68 Å². The molecule has 0 N–H and O–H groups in total. The monoisotopic (exact) mass is 359 g/mol. The van der Waals surface area contributed by atoms with Crippen molar-refractivity contribution < 1.29 is 21.8 Å². The van der Waals surface area contributed by atoms with E-state index in [1.165, 1.54) is 20.8 Å². The van der Waals surface area contributed by atoms with Crippen molar-refractivity contribution >= 4 is 35.4 Å². The zero-order valence-electron chi connectivity index (χ0n) is 11.5. The van der Waals surface area contributed by atoms with E-state index < -0.39 is 39.3 Å². The van der Waals surface area contributed by atoms with Crippen LogP contribution in [0, 0.1) is 10.1 Å². The van der Waals surface area contributed by atoms with Crippen LogP contribution in [0.5, 0.6) is 0 Å². The van der Waals surface area contributed by atoms with Gasteiger partial charge in [0.2, 0.25) is 4.90 Å². The third-order valence-electron chi connectivity index (χ3n) is 2.67. The molecule has 120 valence electrons. The number of aromatic nitrogens is 2. The van der Waals surface area contributed by atoms with Crippen LogP contribution >= 0.6 is 10.7 Å². The molecule has 0 fully saturated rings. The Balaban J connectivity index is 3.11. The lowest BCUT2D eigenvalue weighted by Gasteiger charge is -2.18. The molecule has 1 aromatic heterocycles. The van der Waals surface area contributed by atoms with E-state index in [9.17, 15) is 26.9 Å². The van der Waals surface area contributed by atoms with Gasteiger partial charge in [0.1, 0.15) is 0 Å². The molecule has 0 saturated heterocycles. The minimum absolute atomic E-state index is 0.215. The summed E-state index contributed by atoms with van der Waals surface area (Å²) in [5.41, 5.74) is 0. The minimum Gasteiger partial charge on any atom is -0.358 e. The summed E-state index contributed by atoms with van der Waals surface area (Å²) in [4.78, 5) is 8.97. The molecule has 0 aliphatic heterocycles. The molecule has 0 spiro atoms. The first-order valence-corrected chi connectivity index (χ1v) is 9.60. The Morgan fingerprint density at radius 3 is 2.19 bits per heavy atom. The van der Waals surface area contributed by atoms with Crippen LogP contribution in [0.25, 0.3) is 0 Å². The molecule has 1 heterocycles. The first-order valence-electron chi connectivity index (χ1n) is 5.64. The highest BCUT2D eigenvalue weighted by atomic mass is 35.7. The van der Waals surface area contributed by atoms with Gasteiger partial charge < -0.3 is 10.1 Å². The summed E-state index contributed by atoms with van der Waals surface area (Å²) >= 11 is 0. The van der Waals surface area contributed by atoms with Crippen LogP contribution in [-0.2, 0) is 25.4 Å². The molecule has 0 amide bonds. The van der Waals surface area contributed by atoms with E-state index in [1.807, 2.05) is 0 Å². The molecule has 0 aliphatic carbocycles. The smallest absolute Gasteiger partial charge is 0.358 e. The molecule has 0 bridgehead atoms. The average Bonchev–Trinajstić information content (AvgIpc) is 2.68. The van der Waals surface area contributed by atoms with Crippen LogP contribution in [0.4, 0.5) is 5.82 Å². The highest BCUT2D eigenvalue weighted by Gasteiger charge is 2.32. The number of aryl methyl sites for hydroxylation is 1. The SMILES string of the molecule is CC(C)(C)S(=O)(=O)CCn1cc(S(=O)(=O)Cl)c([N+](=O)[O-])n1. The van der Waals surface area contributed by atoms with Gasteiger partial charge in [0.05, 0.1) is 28.3 Å². The van der Waals surface area contributed by atoms with Crippen molar-refractivity contribution in [2.45, 2.75) is 37.0 Å². The summed E-state index contributed by atoms with van der Waals surface area (Å²) < 4.78 is 46.2. The van der Waals surface area contributed by atoms with E-state index in [2.05, 4.69) is 5.10 Å². The van der Waals surface area contributed by atoms with E-state index >= 15 is 0 Å². The second-order valence-corrected chi connectivity index (χ2v) is 10.6. The number of rotatable bonds is 5. The number of hydrogen-bond acceptors (Lipinski definition) is 7. The number of sulfone groups is 1. The average molecular weight is 360 g/mol. The standard InChI is InChI=1S/C9H14ClN3O6S2/c1-9(2,3)20(16,17)5-4-12-6-7(21(10,18)19)8(11-12)13(14)15/h6H,4-5H2,1-3H3. The Kier molecular flexibility index (Phi) is 4.71. The summed E-state index contributed by atoms with van der Waals surface area (Å²) in [7, 11) is -2.73. The van der Waals surface area contributed by atoms with Gasteiger partial charge in [0.25, 0.3) is 9.05 Å². The lowest BCUT2D eigenvalue weighted by molar-refractivity contribution is -0.392. The molecule has 1 rings (SSSR count). The van der Waals surface area contributed by atoms with Crippen LogP contribution in [-0.4, -0.2) is 42.0 Å². The summed E-state index contributed by atoms with van der Waals surface area (Å²) in [6.45, 7) is 4.33. The fraction of sp³-hybridized carbons (Fsp3) is 0.667. The van der Waals surface area contributed by atoms with Gasteiger partial charge in [-0.05, 0) is 25.7 Å². The van der Waals surface area contributed by atoms with Crippen LogP contribution in [0.1, 0.15) is 20.8 Å². The summed E-state index contributed by atoms with van der Waals surface area (Å²) in [5, 5.41) is 14.2. The molecule has 12 heteroatoms. The molecule has 0 aromatic carbocycles. The van der Waals surface area contributed by atoms with Crippen molar-refractivity contribution in [3.8, 4) is 0 Å². The van der Waals surface area contributed by atoms with Crippen molar-refractivity contribution in [1.82, 2.24) is 9.78 Å². The van der Waals surface area contributed by atoms with E-state index in [0.717, 1.165) is 10.9 Å². The second kappa shape index (κ2) is 5.54. The fourth-order valence-corrected chi connectivity index (χ4v) is 3.27. The number of halogens is 1. The van der Waals surface area contributed by atoms with Gasteiger partial charge in [0.15, 0.2) is 9.84 Å². The molecular formula is C9H14ClN3O6S2. The third kappa shape index (κ3) is 4.14. The zero-order chi connectivity index (χ0) is 16.6. The Labute approximate surface area is 126 Å². The Morgan fingerprint density at radius 2 is 1.86 bits per heavy atom. The van der Waals surface area contributed by atoms with Crippen LogP contribution in [0.15, 0.2) is 11.1 Å². The van der Waals surface area contributed by atoms with Crippen molar-refractivity contribution in [2.24, 2.45) is 0 Å². The Morgan fingerprint density at radius 1 is 1.33 bits per heavy atom. The van der Waals surface area contributed by atoms with Gasteiger partial charge in [-0.1, -0.05) is 0 Å².